The van der Waals surface area contributed by atoms with Gasteiger partial charge in [0.1, 0.15) is 18.0 Å². The van der Waals surface area contributed by atoms with E-state index in [1.165, 1.54) is 0 Å². The van der Waals surface area contributed by atoms with Crippen molar-refractivity contribution in [3.05, 3.63) is 30.3 Å². The first-order valence-corrected chi connectivity index (χ1v) is 11.1. The Bertz CT molecular complexity index is 795. The molecular formula is C15H22O11S2. The first-order valence-electron chi connectivity index (χ1n) is 8.32. The van der Waals surface area contributed by atoms with Crippen LogP contribution in [0.1, 0.15) is 12.8 Å². The molecule has 3 atom stereocenters. The molecule has 0 radical (unpaired) electrons. The molecule has 13 heteroatoms. The van der Waals surface area contributed by atoms with Crippen LogP contribution in [0.2, 0.25) is 0 Å². The molecule has 1 aromatic carbocycles. The SMILES string of the molecule is O=S(=O)(O)OC[C@H]1OCC[C@@H](OCCCOc2ccccc2)C1OS(=O)(=O)O. The summed E-state index contributed by atoms with van der Waals surface area (Å²) in [6.45, 7) is -0.0624. The molecule has 1 heterocycles. The first kappa shape index (κ1) is 23.0. The van der Waals surface area contributed by atoms with Gasteiger partial charge in [-0.15, -0.1) is 0 Å². The Balaban J connectivity index is 1.87. The lowest BCUT2D eigenvalue weighted by Crippen LogP contribution is -2.50. The minimum Gasteiger partial charge on any atom is -0.494 e. The fraction of sp³-hybridized carbons (Fsp3) is 0.600. The summed E-state index contributed by atoms with van der Waals surface area (Å²) in [7, 11) is -9.63. The van der Waals surface area contributed by atoms with Crippen molar-refractivity contribution < 1.29 is 48.5 Å². The second-order valence-electron chi connectivity index (χ2n) is 5.82. The fourth-order valence-corrected chi connectivity index (χ4v) is 3.41. The molecule has 2 rings (SSSR count). The normalized spacial score (nSPS) is 23.4. The zero-order chi connectivity index (χ0) is 20.6. The molecule has 0 bridgehead atoms. The first-order chi connectivity index (χ1) is 13.1. The lowest BCUT2D eigenvalue weighted by atomic mass is 10.0. The van der Waals surface area contributed by atoms with Crippen molar-refractivity contribution in [2.24, 2.45) is 0 Å². The molecule has 160 valence electrons. The summed E-state index contributed by atoms with van der Waals surface area (Å²) < 4.78 is 86.5. The van der Waals surface area contributed by atoms with E-state index in [-0.39, 0.29) is 19.6 Å². The minimum atomic E-state index is -4.87. The summed E-state index contributed by atoms with van der Waals surface area (Å²) in [5.74, 6) is 0.698. The third-order valence-corrected chi connectivity index (χ3v) is 4.61. The van der Waals surface area contributed by atoms with Gasteiger partial charge < -0.3 is 14.2 Å². The van der Waals surface area contributed by atoms with E-state index >= 15 is 0 Å². The smallest absolute Gasteiger partial charge is 0.397 e. The Morgan fingerprint density at radius 3 is 2.39 bits per heavy atom. The van der Waals surface area contributed by atoms with Gasteiger partial charge in [-0.3, -0.25) is 9.11 Å². The summed E-state index contributed by atoms with van der Waals surface area (Å²) in [6.07, 6.45) is -2.66. The maximum Gasteiger partial charge on any atom is 0.397 e. The van der Waals surface area contributed by atoms with Crippen LogP contribution < -0.4 is 4.74 Å². The van der Waals surface area contributed by atoms with Crippen LogP contribution in [0.5, 0.6) is 5.75 Å². The lowest BCUT2D eigenvalue weighted by molar-refractivity contribution is -0.154. The van der Waals surface area contributed by atoms with Gasteiger partial charge in [-0.2, -0.15) is 16.8 Å². The van der Waals surface area contributed by atoms with Crippen LogP contribution in [0.25, 0.3) is 0 Å². The highest BCUT2D eigenvalue weighted by molar-refractivity contribution is 7.81. The van der Waals surface area contributed by atoms with Crippen molar-refractivity contribution in [1.29, 1.82) is 0 Å². The highest BCUT2D eigenvalue weighted by Crippen LogP contribution is 2.23. The van der Waals surface area contributed by atoms with Crippen molar-refractivity contribution in [2.45, 2.75) is 31.2 Å². The molecule has 0 aliphatic carbocycles. The van der Waals surface area contributed by atoms with Gasteiger partial charge in [0.2, 0.25) is 0 Å². The Labute approximate surface area is 163 Å². The molecule has 1 saturated heterocycles. The van der Waals surface area contributed by atoms with Gasteiger partial charge >= 0.3 is 20.8 Å². The number of hydrogen-bond acceptors (Lipinski definition) is 9. The molecule has 1 unspecified atom stereocenters. The van der Waals surface area contributed by atoms with Gasteiger partial charge in [0.15, 0.2) is 0 Å². The number of rotatable bonds is 11. The molecule has 0 aromatic heterocycles. The molecule has 1 fully saturated rings. The average Bonchev–Trinajstić information content (AvgIpc) is 2.60. The van der Waals surface area contributed by atoms with Gasteiger partial charge in [0, 0.05) is 13.0 Å². The summed E-state index contributed by atoms with van der Waals surface area (Å²) in [4.78, 5) is 0. The quantitative estimate of drug-likeness (QED) is 0.366. The summed E-state index contributed by atoms with van der Waals surface area (Å²) in [5, 5.41) is 0. The zero-order valence-corrected chi connectivity index (χ0v) is 16.4. The van der Waals surface area contributed by atoms with Crippen LogP contribution in [-0.2, 0) is 38.6 Å². The average molecular weight is 442 g/mol. The summed E-state index contributed by atoms with van der Waals surface area (Å²) >= 11 is 0. The maximum absolute atomic E-state index is 11.1. The van der Waals surface area contributed by atoms with Crippen molar-refractivity contribution in [3.63, 3.8) is 0 Å². The van der Waals surface area contributed by atoms with E-state index in [9.17, 15) is 16.8 Å². The number of hydrogen-bond donors (Lipinski definition) is 2. The van der Waals surface area contributed by atoms with Gasteiger partial charge in [0.05, 0.1) is 25.9 Å². The standard InChI is InChI=1S/C15H22O11S2/c16-27(17,18)25-11-14-15(26-28(19,20)21)13(7-10-24-14)23-9-4-8-22-12-5-2-1-3-6-12/h1-3,5-6,13-15H,4,7-11H2,(H,16,17,18)(H,19,20,21)/t13-,14-,15?/m1/s1. The molecule has 0 amide bonds. The van der Waals surface area contributed by atoms with Gasteiger partial charge in [-0.1, -0.05) is 18.2 Å². The van der Waals surface area contributed by atoms with E-state index < -0.39 is 45.7 Å². The van der Waals surface area contributed by atoms with E-state index in [1.54, 1.807) is 12.1 Å². The monoisotopic (exact) mass is 442 g/mol. The van der Waals surface area contributed by atoms with Gasteiger partial charge in [-0.05, 0) is 18.6 Å². The maximum atomic E-state index is 11.1. The molecular weight excluding hydrogens is 420 g/mol. The van der Waals surface area contributed by atoms with Crippen molar-refractivity contribution >= 4 is 20.8 Å². The van der Waals surface area contributed by atoms with Gasteiger partial charge in [-0.25, -0.2) is 8.37 Å². The predicted molar refractivity (Wildman–Crippen MR) is 94.6 cm³/mol. The molecule has 1 aliphatic heterocycles. The van der Waals surface area contributed by atoms with Crippen LogP contribution in [-0.4, -0.2) is 70.7 Å². The van der Waals surface area contributed by atoms with Crippen LogP contribution in [0.4, 0.5) is 0 Å². The summed E-state index contributed by atoms with van der Waals surface area (Å²) in [5.41, 5.74) is 0. The largest absolute Gasteiger partial charge is 0.494 e. The summed E-state index contributed by atoms with van der Waals surface area (Å²) in [6, 6.07) is 9.13. The molecule has 1 aromatic rings. The third kappa shape index (κ3) is 8.79. The molecule has 1 aliphatic rings. The van der Waals surface area contributed by atoms with Crippen LogP contribution in [0, 0.1) is 0 Å². The molecule has 2 N–H and O–H groups in total. The number of benzene rings is 1. The predicted octanol–water partition coefficient (Wildman–Crippen LogP) is 0.637. The molecule has 11 nitrogen and oxygen atoms in total. The topological polar surface area (TPSA) is 155 Å². The Hall–Kier alpha value is -1.32. The van der Waals surface area contributed by atoms with Crippen molar-refractivity contribution in [1.82, 2.24) is 0 Å². The lowest BCUT2D eigenvalue weighted by Gasteiger charge is -2.36. The highest BCUT2D eigenvalue weighted by atomic mass is 32.3. The second-order valence-corrected chi connectivity index (χ2v) is 7.96. The van der Waals surface area contributed by atoms with Crippen molar-refractivity contribution in [3.8, 4) is 5.75 Å². The Kier molecular flexibility index (Phi) is 8.57. The molecule has 0 spiro atoms. The van der Waals surface area contributed by atoms with Gasteiger partial charge in [0.25, 0.3) is 0 Å². The minimum absolute atomic E-state index is 0.107. The van der Waals surface area contributed by atoms with Crippen LogP contribution in [0.15, 0.2) is 30.3 Å². The number of ether oxygens (including phenoxy) is 3. The van der Waals surface area contributed by atoms with E-state index in [1.807, 2.05) is 18.2 Å². The highest BCUT2D eigenvalue weighted by Gasteiger charge is 2.39. The molecule has 0 saturated carbocycles. The zero-order valence-electron chi connectivity index (χ0n) is 14.7. The van der Waals surface area contributed by atoms with Crippen LogP contribution >= 0.6 is 0 Å². The Morgan fingerprint density at radius 1 is 1.04 bits per heavy atom. The van der Waals surface area contributed by atoms with E-state index in [4.69, 9.17) is 23.3 Å². The van der Waals surface area contributed by atoms with E-state index in [0.29, 0.717) is 18.8 Å². The Morgan fingerprint density at radius 2 is 1.75 bits per heavy atom. The van der Waals surface area contributed by atoms with Crippen LogP contribution in [0.3, 0.4) is 0 Å². The van der Waals surface area contributed by atoms with E-state index in [2.05, 4.69) is 8.37 Å². The number of para-hydroxylation sites is 1. The second kappa shape index (κ2) is 10.5. The van der Waals surface area contributed by atoms with E-state index in [0.717, 1.165) is 0 Å². The third-order valence-electron chi connectivity index (χ3n) is 3.71. The molecule has 28 heavy (non-hydrogen) atoms. The fourth-order valence-electron chi connectivity index (χ4n) is 2.57. The van der Waals surface area contributed by atoms with Crippen molar-refractivity contribution in [2.75, 3.05) is 26.4 Å².